The molecule has 2 aromatic rings. The standard InChI is InChI=1S/C12H15IN2/c1-8(2)9(3)15-12-6-11(13)5-4-10(12)7-14-15/h4-9H,1-3H3. The summed E-state index contributed by atoms with van der Waals surface area (Å²) in [5.74, 6) is 0.603. The van der Waals surface area contributed by atoms with Gasteiger partial charge in [-0.15, -0.1) is 0 Å². The Morgan fingerprint density at radius 2 is 2.00 bits per heavy atom. The topological polar surface area (TPSA) is 17.8 Å². The van der Waals surface area contributed by atoms with Crippen LogP contribution in [0.4, 0.5) is 0 Å². The van der Waals surface area contributed by atoms with Gasteiger partial charge in [0, 0.05) is 8.96 Å². The van der Waals surface area contributed by atoms with Gasteiger partial charge in [0.25, 0.3) is 0 Å². The zero-order valence-corrected chi connectivity index (χ0v) is 11.4. The summed E-state index contributed by atoms with van der Waals surface area (Å²) in [5.41, 5.74) is 1.24. The second-order valence-corrected chi connectivity index (χ2v) is 5.52. The molecule has 0 saturated carbocycles. The van der Waals surface area contributed by atoms with Crippen molar-refractivity contribution in [2.24, 2.45) is 5.92 Å². The van der Waals surface area contributed by atoms with Gasteiger partial charge in [0.1, 0.15) is 0 Å². The van der Waals surface area contributed by atoms with Crippen LogP contribution in [0, 0.1) is 9.49 Å². The number of hydrogen-bond donors (Lipinski definition) is 0. The van der Waals surface area contributed by atoms with Crippen LogP contribution < -0.4 is 0 Å². The number of rotatable bonds is 2. The minimum Gasteiger partial charge on any atom is -0.262 e. The number of fused-ring (bicyclic) bond motifs is 1. The van der Waals surface area contributed by atoms with E-state index in [1.54, 1.807) is 0 Å². The highest BCUT2D eigenvalue weighted by Gasteiger charge is 2.13. The Kier molecular flexibility index (Phi) is 3.00. The minimum atomic E-state index is 0.445. The average molecular weight is 314 g/mol. The van der Waals surface area contributed by atoms with E-state index in [4.69, 9.17) is 0 Å². The third-order valence-electron chi connectivity index (χ3n) is 2.91. The summed E-state index contributed by atoms with van der Waals surface area (Å²) in [4.78, 5) is 0. The first-order valence-electron chi connectivity index (χ1n) is 5.22. The van der Waals surface area contributed by atoms with Crippen molar-refractivity contribution in [3.05, 3.63) is 28.0 Å². The fourth-order valence-electron chi connectivity index (χ4n) is 1.62. The van der Waals surface area contributed by atoms with Crippen molar-refractivity contribution in [3.8, 4) is 0 Å². The molecule has 0 bridgehead atoms. The van der Waals surface area contributed by atoms with Crippen LogP contribution in [0.2, 0.25) is 0 Å². The smallest absolute Gasteiger partial charge is 0.0696 e. The highest BCUT2D eigenvalue weighted by Crippen LogP contribution is 2.23. The lowest BCUT2D eigenvalue weighted by molar-refractivity contribution is 0.385. The molecule has 1 heterocycles. The van der Waals surface area contributed by atoms with Gasteiger partial charge in [0.05, 0.1) is 17.8 Å². The lowest BCUT2D eigenvalue weighted by Crippen LogP contribution is -2.12. The van der Waals surface area contributed by atoms with Crippen LogP contribution in [0.15, 0.2) is 24.4 Å². The molecule has 15 heavy (non-hydrogen) atoms. The quantitative estimate of drug-likeness (QED) is 0.770. The maximum absolute atomic E-state index is 4.47. The van der Waals surface area contributed by atoms with E-state index in [1.807, 2.05) is 6.20 Å². The van der Waals surface area contributed by atoms with E-state index < -0.39 is 0 Å². The molecule has 3 heteroatoms. The van der Waals surface area contributed by atoms with Gasteiger partial charge in [-0.25, -0.2) is 0 Å². The molecule has 0 aliphatic rings. The molecule has 0 amide bonds. The maximum atomic E-state index is 4.47. The molecular weight excluding hydrogens is 299 g/mol. The number of benzene rings is 1. The van der Waals surface area contributed by atoms with Gasteiger partial charge >= 0.3 is 0 Å². The van der Waals surface area contributed by atoms with Crippen LogP contribution in [-0.4, -0.2) is 9.78 Å². The molecule has 0 fully saturated rings. The van der Waals surface area contributed by atoms with Gasteiger partial charge in [-0.2, -0.15) is 5.10 Å². The van der Waals surface area contributed by atoms with Gasteiger partial charge in [-0.1, -0.05) is 19.9 Å². The highest BCUT2D eigenvalue weighted by atomic mass is 127. The number of aromatic nitrogens is 2. The van der Waals surface area contributed by atoms with Crippen LogP contribution in [0.25, 0.3) is 10.9 Å². The van der Waals surface area contributed by atoms with Crippen molar-refractivity contribution in [2.75, 3.05) is 0 Å². The lowest BCUT2D eigenvalue weighted by Gasteiger charge is -2.17. The molecule has 1 atom stereocenters. The predicted octanol–water partition coefficient (Wildman–Crippen LogP) is 3.86. The Labute approximate surface area is 104 Å². The predicted molar refractivity (Wildman–Crippen MR) is 72.0 cm³/mol. The van der Waals surface area contributed by atoms with E-state index >= 15 is 0 Å². The molecule has 0 N–H and O–H groups in total. The van der Waals surface area contributed by atoms with Crippen LogP contribution in [-0.2, 0) is 0 Å². The van der Waals surface area contributed by atoms with Crippen molar-refractivity contribution < 1.29 is 0 Å². The van der Waals surface area contributed by atoms with E-state index in [0.717, 1.165) is 0 Å². The molecular formula is C12H15IN2. The maximum Gasteiger partial charge on any atom is 0.0696 e. The molecule has 0 aliphatic carbocycles. The second kappa shape index (κ2) is 4.12. The van der Waals surface area contributed by atoms with Crippen molar-refractivity contribution >= 4 is 33.5 Å². The Morgan fingerprint density at radius 1 is 1.27 bits per heavy atom. The summed E-state index contributed by atoms with van der Waals surface area (Å²) in [6.07, 6.45) is 1.95. The van der Waals surface area contributed by atoms with Crippen molar-refractivity contribution in [3.63, 3.8) is 0 Å². The lowest BCUT2D eigenvalue weighted by atomic mass is 10.1. The van der Waals surface area contributed by atoms with Crippen molar-refractivity contribution in [1.29, 1.82) is 0 Å². The summed E-state index contributed by atoms with van der Waals surface area (Å²) in [6, 6.07) is 6.89. The summed E-state index contributed by atoms with van der Waals surface area (Å²) in [6.45, 7) is 6.68. The van der Waals surface area contributed by atoms with E-state index in [1.165, 1.54) is 14.5 Å². The van der Waals surface area contributed by atoms with Gasteiger partial charge in [-0.05, 0) is 47.6 Å². The Balaban J connectivity index is 2.56. The summed E-state index contributed by atoms with van der Waals surface area (Å²) < 4.78 is 3.39. The molecule has 0 aliphatic heterocycles. The van der Waals surface area contributed by atoms with Gasteiger partial charge in [-0.3, -0.25) is 4.68 Å². The van der Waals surface area contributed by atoms with E-state index in [-0.39, 0.29) is 0 Å². The van der Waals surface area contributed by atoms with Gasteiger partial charge in [0.2, 0.25) is 0 Å². The van der Waals surface area contributed by atoms with E-state index in [9.17, 15) is 0 Å². The number of hydrogen-bond acceptors (Lipinski definition) is 1. The van der Waals surface area contributed by atoms with Crippen LogP contribution >= 0.6 is 22.6 Å². The fraction of sp³-hybridized carbons (Fsp3) is 0.417. The molecule has 1 aromatic heterocycles. The summed E-state index contributed by atoms with van der Waals surface area (Å²) in [5, 5.41) is 5.70. The zero-order chi connectivity index (χ0) is 11.0. The SMILES string of the molecule is CC(C)C(C)n1ncc2ccc(I)cc21. The largest absolute Gasteiger partial charge is 0.262 e. The van der Waals surface area contributed by atoms with Gasteiger partial charge < -0.3 is 0 Å². The Hall–Kier alpha value is -0.580. The fourth-order valence-corrected chi connectivity index (χ4v) is 2.09. The minimum absolute atomic E-state index is 0.445. The molecule has 2 nitrogen and oxygen atoms in total. The van der Waals surface area contributed by atoms with Crippen LogP contribution in [0.5, 0.6) is 0 Å². The number of nitrogens with zero attached hydrogens (tertiary/aromatic N) is 2. The molecule has 2 rings (SSSR count). The number of halogens is 1. The van der Waals surface area contributed by atoms with Crippen molar-refractivity contribution in [2.45, 2.75) is 26.8 Å². The van der Waals surface area contributed by atoms with Gasteiger partial charge in [0.15, 0.2) is 0 Å². The van der Waals surface area contributed by atoms with E-state index in [2.05, 4.69) is 71.3 Å². The molecule has 0 radical (unpaired) electrons. The highest BCUT2D eigenvalue weighted by molar-refractivity contribution is 14.1. The molecule has 0 spiro atoms. The van der Waals surface area contributed by atoms with Crippen LogP contribution in [0.3, 0.4) is 0 Å². The Morgan fingerprint density at radius 3 is 2.67 bits per heavy atom. The Bertz CT molecular complexity index is 473. The third kappa shape index (κ3) is 2.02. The summed E-state index contributed by atoms with van der Waals surface area (Å²) >= 11 is 2.34. The molecule has 1 unspecified atom stereocenters. The summed E-state index contributed by atoms with van der Waals surface area (Å²) in [7, 11) is 0. The molecule has 80 valence electrons. The van der Waals surface area contributed by atoms with E-state index in [0.29, 0.717) is 12.0 Å². The first-order valence-corrected chi connectivity index (χ1v) is 6.30. The molecule has 1 aromatic carbocycles. The zero-order valence-electron chi connectivity index (χ0n) is 9.24. The third-order valence-corrected chi connectivity index (χ3v) is 3.58. The average Bonchev–Trinajstić information content (AvgIpc) is 2.59. The normalized spacial score (nSPS) is 13.7. The molecule has 0 saturated heterocycles. The second-order valence-electron chi connectivity index (χ2n) is 4.28. The van der Waals surface area contributed by atoms with Crippen LogP contribution in [0.1, 0.15) is 26.8 Å². The first-order chi connectivity index (χ1) is 7.09. The van der Waals surface area contributed by atoms with Crippen molar-refractivity contribution in [1.82, 2.24) is 9.78 Å². The monoisotopic (exact) mass is 314 g/mol. The first kappa shape index (κ1) is 10.9.